The van der Waals surface area contributed by atoms with E-state index in [-0.39, 0.29) is 6.29 Å². The minimum Gasteiger partial charge on any atom is -0.298 e. The quantitative estimate of drug-likeness (QED) is 0.411. The average molecular weight is 204 g/mol. The molecule has 1 aromatic carbocycles. The summed E-state index contributed by atoms with van der Waals surface area (Å²) in [5.74, 6) is -6.68. The summed E-state index contributed by atoms with van der Waals surface area (Å²) < 4.78 is 51.4. The van der Waals surface area contributed by atoms with Crippen LogP contribution < -0.4 is 0 Å². The maximum atomic E-state index is 12.9. The number of rotatable bonds is 2. The van der Waals surface area contributed by atoms with Gasteiger partial charge in [0.15, 0.2) is 29.6 Å². The van der Waals surface area contributed by atoms with Crippen LogP contribution in [0.15, 0.2) is 6.58 Å². The van der Waals surface area contributed by atoms with Crippen molar-refractivity contribution in [3.63, 3.8) is 0 Å². The Labute approximate surface area is 76.7 Å². The zero-order valence-electron chi connectivity index (χ0n) is 6.78. The molecule has 0 fully saturated rings. The van der Waals surface area contributed by atoms with Gasteiger partial charge >= 0.3 is 0 Å². The third-order valence-corrected chi connectivity index (χ3v) is 1.65. The normalized spacial score (nSPS) is 10.0. The molecule has 1 rings (SSSR count). The highest BCUT2D eigenvalue weighted by Crippen LogP contribution is 2.23. The van der Waals surface area contributed by atoms with E-state index in [0.29, 0.717) is 6.08 Å². The van der Waals surface area contributed by atoms with E-state index in [1.54, 1.807) is 0 Å². The molecular formula is C9H4F4O. The smallest absolute Gasteiger partial charge is 0.173 e. The Kier molecular flexibility index (Phi) is 2.69. The van der Waals surface area contributed by atoms with E-state index in [1.165, 1.54) is 0 Å². The van der Waals surface area contributed by atoms with Crippen LogP contribution in [-0.4, -0.2) is 6.29 Å². The van der Waals surface area contributed by atoms with Crippen molar-refractivity contribution >= 4 is 12.4 Å². The fraction of sp³-hybridized carbons (Fsp3) is 0. The van der Waals surface area contributed by atoms with E-state index in [9.17, 15) is 22.4 Å². The first-order valence-electron chi connectivity index (χ1n) is 3.48. The summed E-state index contributed by atoms with van der Waals surface area (Å²) in [6, 6.07) is 0. The number of aldehydes is 1. The Morgan fingerprint density at radius 1 is 0.857 bits per heavy atom. The SMILES string of the molecule is C=Cc1c(F)c(F)c(C=O)c(F)c1F. The molecule has 14 heavy (non-hydrogen) atoms. The van der Waals surface area contributed by atoms with Gasteiger partial charge in [-0.15, -0.1) is 0 Å². The van der Waals surface area contributed by atoms with E-state index in [0.717, 1.165) is 0 Å². The number of carbonyl (C=O) groups excluding carboxylic acids is 1. The van der Waals surface area contributed by atoms with Gasteiger partial charge in [0.25, 0.3) is 0 Å². The van der Waals surface area contributed by atoms with Crippen LogP contribution >= 0.6 is 0 Å². The predicted octanol–water partition coefficient (Wildman–Crippen LogP) is 2.70. The fourth-order valence-electron chi connectivity index (χ4n) is 0.948. The lowest BCUT2D eigenvalue weighted by Crippen LogP contribution is -2.05. The molecule has 0 aromatic heterocycles. The molecule has 0 unspecified atom stereocenters. The van der Waals surface area contributed by atoms with Gasteiger partial charge in [-0.05, 0) is 0 Å². The summed E-state index contributed by atoms with van der Waals surface area (Å²) in [6.45, 7) is 2.99. The second-order valence-electron chi connectivity index (χ2n) is 2.41. The Morgan fingerprint density at radius 3 is 1.50 bits per heavy atom. The van der Waals surface area contributed by atoms with Crippen LogP contribution in [0.4, 0.5) is 17.6 Å². The van der Waals surface area contributed by atoms with E-state index >= 15 is 0 Å². The van der Waals surface area contributed by atoms with Gasteiger partial charge in [0.05, 0.1) is 11.1 Å². The molecule has 0 radical (unpaired) electrons. The summed E-state index contributed by atoms with van der Waals surface area (Å²) in [5, 5.41) is 0. The molecule has 0 aliphatic heterocycles. The molecule has 0 saturated heterocycles. The zero-order chi connectivity index (χ0) is 10.9. The Bertz CT molecular complexity index is 344. The molecule has 0 amide bonds. The van der Waals surface area contributed by atoms with Crippen molar-refractivity contribution in [2.24, 2.45) is 0 Å². The number of benzene rings is 1. The van der Waals surface area contributed by atoms with Crippen molar-refractivity contribution in [1.82, 2.24) is 0 Å². The number of halogens is 4. The Morgan fingerprint density at radius 2 is 1.21 bits per heavy atom. The second kappa shape index (κ2) is 3.61. The van der Waals surface area contributed by atoms with Crippen molar-refractivity contribution < 1.29 is 22.4 Å². The van der Waals surface area contributed by atoms with Gasteiger partial charge in [-0.1, -0.05) is 12.7 Å². The van der Waals surface area contributed by atoms with Crippen LogP contribution in [0.2, 0.25) is 0 Å². The largest absolute Gasteiger partial charge is 0.298 e. The summed E-state index contributed by atoms with van der Waals surface area (Å²) >= 11 is 0. The third-order valence-electron chi connectivity index (χ3n) is 1.65. The topological polar surface area (TPSA) is 17.1 Å². The molecule has 0 N–H and O–H groups in total. The zero-order valence-corrected chi connectivity index (χ0v) is 6.78. The summed E-state index contributed by atoms with van der Waals surface area (Å²) in [7, 11) is 0. The van der Waals surface area contributed by atoms with Gasteiger partial charge in [0.1, 0.15) is 0 Å². The lowest BCUT2D eigenvalue weighted by Gasteiger charge is -2.04. The number of hydrogen-bond donors (Lipinski definition) is 0. The first-order chi connectivity index (χ1) is 6.54. The third kappa shape index (κ3) is 1.30. The highest BCUT2D eigenvalue weighted by atomic mass is 19.2. The minimum absolute atomic E-state index is 0.288. The lowest BCUT2D eigenvalue weighted by molar-refractivity contribution is 0.111. The van der Waals surface area contributed by atoms with Crippen LogP contribution in [0, 0.1) is 23.3 Å². The molecule has 1 aromatic rings. The highest BCUT2D eigenvalue weighted by molar-refractivity contribution is 5.76. The molecular weight excluding hydrogens is 200 g/mol. The fourth-order valence-corrected chi connectivity index (χ4v) is 0.948. The number of carbonyl (C=O) groups is 1. The Balaban J connectivity index is 3.71. The summed E-state index contributed by atoms with van der Waals surface area (Å²) in [6.07, 6.45) is 0.342. The van der Waals surface area contributed by atoms with Crippen molar-refractivity contribution in [2.75, 3.05) is 0 Å². The summed E-state index contributed by atoms with van der Waals surface area (Å²) in [4.78, 5) is 10.1. The monoisotopic (exact) mass is 204 g/mol. The molecule has 1 nitrogen and oxygen atoms in total. The highest BCUT2D eigenvalue weighted by Gasteiger charge is 2.23. The van der Waals surface area contributed by atoms with Gasteiger partial charge < -0.3 is 0 Å². The van der Waals surface area contributed by atoms with Crippen molar-refractivity contribution in [3.05, 3.63) is 41.0 Å². The lowest BCUT2D eigenvalue weighted by atomic mass is 10.1. The van der Waals surface area contributed by atoms with Crippen LogP contribution in [0.25, 0.3) is 6.08 Å². The van der Waals surface area contributed by atoms with E-state index in [2.05, 4.69) is 6.58 Å². The van der Waals surface area contributed by atoms with Crippen LogP contribution in [-0.2, 0) is 0 Å². The van der Waals surface area contributed by atoms with Crippen molar-refractivity contribution in [2.45, 2.75) is 0 Å². The molecule has 0 spiro atoms. The van der Waals surface area contributed by atoms with Crippen LogP contribution in [0.5, 0.6) is 0 Å². The Hall–Kier alpha value is -1.65. The first-order valence-corrected chi connectivity index (χ1v) is 3.48. The molecule has 74 valence electrons. The van der Waals surface area contributed by atoms with Gasteiger partial charge in [-0.25, -0.2) is 17.6 Å². The van der Waals surface area contributed by atoms with E-state index < -0.39 is 34.4 Å². The van der Waals surface area contributed by atoms with Crippen LogP contribution in [0.1, 0.15) is 15.9 Å². The standard InChI is InChI=1S/C9H4F4O/c1-2-4-6(10)8(12)5(3-14)9(13)7(4)11/h2-3H,1H2. The van der Waals surface area contributed by atoms with Gasteiger partial charge in [0, 0.05) is 0 Å². The number of hydrogen-bond acceptors (Lipinski definition) is 1. The van der Waals surface area contributed by atoms with Gasteiger partial charge in [0.2, 0.25) is 0 Å². The van der Waals surface area contributed by atoms with Crippen molar-refractivity contribution in [3.8, 4) is 0 Å². The minimum atomic E-state index is -1.71. The molecule has 0 saturated carbocycles. The van der Waals surface area contributed by atoms with E-state index in [4.69, 9.17) is 0 Å². The molecule has 0 aliphatic carbocycles. The van der Waals surface area contributed by atoms with E-state index in [1.807, 2.05) is 0 Å². The first kappa shape index (κ1) is 10.4. The maximum absolute atomic E-state index is 12.9. The molecule has 5 heteroatoms. The molecule has 0 heterocycles. The second-order valence-corrected chi connectivity index (χ2v) is 2.41. The van der Waals surface area contributed by atoms with Gasteiger partial charge in [-0.3, -0.25) is 4.79 Å². The average Bonchev–Trinajstić information content (AvgIpc) is 2.17. The molecule has 0 bridgehead atoms. The van der Waals surface area contributed by atoms with Gasteiger partial charge in [-0.2, -0.15) is 0 Å². The molecule has 0 aliphatic rings. The van der Waals surface area contributed by atoms with Crippen molar-refractivity contribution in [1.29, 1.82) is 0 Å². The molecule has 0 atom stereocenters. The maximum Gasteiger partial charge on any atom is 0.173 e. The summed E-state index contributed by atoms with van der Waals surface area (Å²) in [5.41, 5.74) is -2.18. The predicted molar refractivity (Wildman–Crippen MR) is 41.8 cm³/mol. The van der Waals surface area contributed by atoms with Crippen LogP contribution in [0.3, 0.4) is 0 Å².